The molecule has 2 aromatic carbocycles. The van der Waals surface area contributed by atoms with Crippen LogP contribution in [0.3, 0.4) is 0 Å². The molecule has 1 saturated carbocycles. The number of hydrogen-bond donors (Lipinski definition) is 4. The van der Waals surface area contributed by atoms with E-state index in [0.717, 1.165) is 22.5 Å². The molecule has 1 aliphatic rings. The van der Waals surface area contributed by atoms with Crippen molar-refractivity contribution in [2.24, 2.45) is 11.5 Å². The van der Waals surface area contributed by atoms with Gasteiger partial charge in [0, 0.05) is 32.1 Å². The van der Waals surface area contributed by atoms with Crippen molar-refractivity contribution in [2.75, 3.05) is 10.6 Å². The number of nitrogens with two attached hydrogens (primary N) is 2. The van der Waals surface area contributed by atoms with Gasteiger partial charge >= 0.3 is 0 Å². The third kappa shape index (κ3) is 7.54. The number of aromatic nitrogens is 4. The second-order valence-electron chi connectivity index (χ2n) is 10.4. The Morgan fingerprint density at radius 1 is 1.03 bits per heavy atom. The van der Waals surface area contributed by atoms with Crippen LogP contribution in [0.25, 0.3) is 22.3 Å². The molecule has 2 heterocycles. The van der Waals surface area contributed by atoms with Crippen molar-refractivity contribution in [2.45, 2.75) is 78.0 Å². The normalized spacial score (nSPS) is 13.7. The van der Waals surface area contributed by atoms with Gasteiger partial charge in [-0.2, -0.15) is 9.97 Å². The van der Waals surface area contributed by atoms with Crippen LogP contribution in [0.4, 0.5) is 11.8 Å². The zero-order chi connectivity index (χ0) is 27.8. The maximum absolute atomic E-state index is 9.22. The van der Waals surface area contributed by atoms with Crippen molar-refractivity contribution in [3.63, 3.8) is 0 Å². The molecule has 0 bridgehead atoms. The summed E-state index contributed by atoms with van der Waals surface area (Å²) >= 11 is 0. The molecule has 1 amide bonds. The van der Waals surface area contributed by atoms with Gasteiger partial charge in [-0.3, -0.25) is 4.79 Å². The summed E-state index contributed by atoms with van der Waals surface area (Å²) in [5.74, 6) is 1.12. The summed E-state index contributed by atoms with van der Waals surface area (Å²) in [5, 5.41) is 7.12. The lowest BCUT2D eigenvalue weighted by Crippen LogP contribution is -2.24. The van der Waals surface area contributed by atoms with E-state index in [9.17, 15) is 4.79 Å². The first kappa shape index (κ1) is 28.0. The lowest BCUT2D eigenvalue weighted by atomic mass is 9.96. The molecule has 9 nitrogen and oxygen atoms in total. The van der Waals surface area contributed by atoms with Gasteiger partial charge in [-0.1, -0.05) is 61.7 Å². The molecule has 1 aliphatic carbocycles. The summed E-state index contributed by atoms with van der Waals surface area (Å²) in [6.07, 6.45) is 8.07. The predicted octanol–water partition coefficient (Wildman–Crippen LogP) is 5.38. The minimum atomic E-state index is -0.333. The average molecular weight is 529 g/mol. The van der Waals surface area contributed by atoms with Crippen molar-refractivity contribution in [1.82, 2.24) is 19.5 Å². The number of fused-ring (bicyclic) bond motifs is 1. The van der Waals surface area contributed by atoms with Gasteiger partial charge in [-0.25, -0.2) is 4.98 Å². The number of anilines is 2. The van der Waals surface area contributed by atoms with Crippen LogP contribution in [0, 0.1) is 0 Å². The number of amides is 1. The second kappa shape index (κ2) is 13.2. The summed E-state index contributed by atoms with van der Waals surface area (Å²) in [5.41, 5.74) is 16.6. The van der Waals surface area contributed by atoms with Gasteiger partial charge in [0.25, 0.3) is 0 Å². The highest BCUT2D eigenvalue weighted by atomic mass is 16.1. The minimum absolute atomic E-state index is 0.274. The molecule has 0 saturated heterocycles. The van der Waals surface area contributed by atoms with Gasteiger partial charge in [0.1, 0.15) is 0 Å². The predicted molar refractivity (Wildman–Crippen MR) is 158 cm³/mol. The van der Waals surface area contributed by atoms with Gasteiger partial charge < -0.3 is 26.7 Å². The van der Waals surface area contributed by atoms with Crippen molar-refractivity contribution in [3.8, 4) is 11.1 Å². The third-order valence-electron chi connectivity index (χ3n) is 6.83. The van der Waals surface area contributed by atoms with E-state index in [1.54, 1.807) is 0 Å². The Balaban J connectivity index is 0.000000826. The Bertz CT molecular complexity index is 1370. The number of nitrogens with zero attached hydrogens (tertiary/aromatic N) is 4. The molecule has 4 aromatic rings. The van der Waals surface area contributed by atoms with Crippen LogP contribution in [0.15, 0.2) is 54.9 Å². The van der Waals surface area contributed by atoms with Crippen LogP contribution in [-0.2, 0) is 17.9 Å². The molecule has 0 radical (unpaired) electrons. The van der Waals surface area contributed by atoms with E-state index >= 15 is 0 Å². The van der Waals surface area contributed by atoms with Gasteiger partial charge in [0.05, 0.1) is 6.33 Å². The molecule has 5 rings (SSSR count). The Morgan fingerprint density at radius 3 is 2.41 bits per heavy atom. The topological polar surface area (TPSA) is 137 Å². The van der Waals surface area contributed by atoms with E-state index in [1.165, 1.54) is 55.7 Å². The Morgan fingerprint density at radius 2 is 1.74 bits per heavy atom. The maximum Gasteiger partial charge on any atom is 0.227 e. The largest absolute Gasteiger partial charge is 0.370 e. The van der Waals surface area contributed by atoms with Crippen LogP contribution < -0.4 is 22.1 Å². The monoisotopic (exact) mass is 528 g/mol. The molecule has 0 atom stereocenters. The van der Waals surface area contributed by atoms with E-state index < -0.39 is 0 Å². The van der Waals surface area contributed by atoms with Crippen LogP contribution in [-0.4, -0.2) is 31.5 Å². The molecule has 6 N–H and O–H groups in total. The fraction of sp³-hybridized carbons (Fsp3) is 0.400. The van der Waals surface area contributed by atoms with E-state index in [1.807, 2.05) is 6.33 Å². The Hall–Kier alpha value is -3.98. The van der Waals surface area contributed by atoms with Crippen LogP contribution in [0.2, 0.25) is 0 Å². The second-order valence-corrected chi connectivity index (χ2v) is 10.4. The first-order chi connectivity index (χ1) is 18.8. The van der Waals surface area contributed by atoms with Crippen LogP contribution >= 0.6 is 0 Å². The fourth-order valence-corrected chi connectivity index (χ4v) is 4.79. The summed E-state index contributed by atoms with van der Waals surface area (Å²) in [6.45, 7) is 6.81. The molecule has 206 valence electrons. The molecule has 0 spiro atoms. The molecule has 9 heteroatoms. The first-order valence-electron chi connectivity index (χ1n) is 13.7. The molecular weight excluding hydrogens is 488 g/mol. The zero-order valence-corrected chi connectivity index (χ0v) is 23.2. The van der Waals surface area contributed by atoms with E-state index in [0.29, 0.717) is 25.1 Å². The zero-order valence-electron chi connectivity index (χ0n) is 23.2. The number of nitrogens with one attached hydrogen (secondary N) is 2. The van der Waals surface area contributed by atoms with Crippen molar-refractivity contribution in [1.29, 1.82) is 0 Å². The molecule has 1 fully saturated rings. The van der Waals surface area contributed by atoms with Gasteiger partial charge in [0.2, 0.25) is 11.9 Å². The maximum atomic E-state index is 9.22. The van der Waals surface area contributed by atoms with E-state index in [-0.39, 0.29) is 11.9 Å². The summed E-state index contributed by atoms with van der Waals surface area (Å²) < 4.78 is 2.11. The van der Waals surface area contributed by atoms with Crippen LogP contribution in [0.5, 0.6) is 0 Å². The lowest BCUT2D eigenvalue weighted by Gasteiger charge is -2.23. The highest BCUT2D eigenvalue weighted by Crippen LogP contribution is 2.27. The minimum Gasteiger partial charge on any atom is -0.370 e. The van der Waals surface area contributed by atoms with Crippen LogP contribution in [0.1, 0.15) is 70.0 Å². The lowest BCUT2D eigenvalue weighted by molar-refractivity contribution is -0.115. The smallest absolute Gasteiger partial charge is 0.227 e. The van der Waals surface area contributed by atoms with Gasteiger partial charge in [0.15, 0.2) is 17.0 Å². The number of benzene rings is 2. The third-order valence-corrected chi connectivity index (χ3v) is 6.83. The summed E-state index contributed by atoms with van der Waals surface area (Å²) in [7, 11) is 0. The molecule has 39 heavy (non-hydrogen) atoms. The first-order valence-corrected chi connectivity index (χ1v) is 13.7. The standard InChI is InChI=1S/C28H35N7.C2H5NO/c1-19(2)35-18-31-25-26(33-28(34-27(25)35)32-24-9-4-3-5-10-24)30-17-20-11-13-22(14-12-20)23-8-6-7-21(15-23)16-29;1-2(3)4/h6-8,11-15,18-19,24H,3-5,9-10,16-17,29H2,1-2H3,(H2,30,32,33,34);1H3,(H2,3,4). The molecule has 0 unspecified atom stereocenters. The molecule has 0 aliphatic heterocycles. The number of hydrogen-bond acceptors (Lipinski definition) is 7. The number of rotatable bonds is 8. The fourth-order valence-electron chi connectivity index (χ4n) is 4.79. The van der Waals surface area contributed by atoms with E-state index in [4.69, 9.17) is 15.7 Å². The molecular formula is C30H40N8O. The summed E-state index contributed by atoms with van der Waals surface area (Å²) in [4.78, 5) is 23.6. The van der Waals surface area contributed by atoms with Crippen molar-refractivity contribution >= 4 is 28.8 Å². The Labute approximate surface area is 230 Å². The van der Waals surface area contributed by atoms with Crippen molar-refractivity contribution in [3.05, 3.63) is 66.0 Å². The highest BCUT2D eigenvalue weighted by Gasteiger charge is 2.18. The number of imidazole rings is 1. The number of carbonyl (C=O) groups is 1. The molecule has 2 aromatic heterocycles. The number of carbonyl (C=O) groups excluding carboxylic acids is 1. The average Bonchev–Trinajstić information content (AvgIpc) is 3.37. The van der Waals surface area contributed by atoms with Crippen molar-refractivity contribution < 1.29 is 4.79 Å². The van der Waals surface area contributed by atoms with Gasteiger partial charge in [-0.15, -0.1) is 0 Å². The quantitative estimate of drug-likeness (QED) is 0.241. The van der Waals surface area contributed by atoms with E-state index in [2.05, 4.69) is 88.3 Å². The summed E-state index contributed by atoms with van der Waals surface area (Å²) in [6, 6.07) is 17.7. The highest BCUT2D eigenvalue weighted by molar-refractivity contribution is 5.84. The number of primary amides is 1. The Kier molecular flexibility index (Phi) is 9.49. The SMILES string of the molecule is CC(C)n1cnc2c(NCc3ccc(-c4cccc(CN)c4)cc3)nc(NC3CCCCC3)nc21.CC(N)=O. The van der Waals surface area contributed by atoms with Gasteiger partial charge in [-0.05, 0) is 55.0 Å².